The molecule has 0 radical (unpaired) electrons. The number of hydrogen-bond donors (Lipinski definition) is 3. The van der Waals surface area contributed by atoms with Gasteiger partial charge in [0.1, 0.15) is 35.2 Å². The highest BCUT2D eigenvalue weighted by Crippen LogP contribution is 2.68. The van der Waals surface area contributed by atoms with Gasteiger partial charge in [-0.3, -0.25) is 18.9 Å². The highest BCUT2D eigenvalue weighted by Gasteiger charge is 2.66. The molecular formula is C37H33Cl2F4N7O4S. The first-order valence-electron chi connectivity index (χ1n) is 16.9. The predicted octanol–water partition coefficient (Wildman–Crippen LogP) is 6.78. The second-order valence-electron chi connectivity index (χ2n) is 14.4. The average molecular weight is 819 g/mol. The van der Waals surface area contributed by atoms with Gasteiger partial charge in [0.15, 0.2) is 11.0 Å². The number of aliphatic hydroxyl groups is 1. The van der Waals surface area contributed by atoms with Crippen LogP contribution in [0.2, 0.25) is 10.2 Å². The molecule has 55 heavy (non-hydrogen) atoms. The first kappa shape index (κ1) is 38.6. The summed E-state index contributed by atoms with van der Waals surface area (Å²) in [6.45, 7) is 3.86. The fourth-order valence-corrected chi connectivity index (χ4v) is 8.27. The van der Waals surface area contributed by atoms with Crippen molar-refractivity contribution in [2.24, 2.45) is 13.0 Å². The molecule has 4 atom stereocenters. The third kappa shape index (κ3) is 7.38. The van der Waals surface area contributed by atoms with Gasteiger partial charge in [-0.2, -0.15) is 19.0 Å². The molecule has 1 unspecified atom stereocenters. The number of sulfonamides is 1. The van der Waals surface area contributed by atoms with E-state index in [4.69, 9.17) is 28.2 Å². The van der Waals surface area contributed by atoms with Gasteiger partial charge in [0.25, 0.3) is 5.92 Å². The normalized spacial score (nSPS) is 18.3. The van der Waals surface area contributed by atoms with Crippen LogP contribution in [0.3, 0.4) is 0 Å². The van der Waals surface area contributed by atoms with Gasteiger partial charge in [-0.05, 0) is 68.0 Å². The second kappa shape index (κ2) is 13.5. The molecule has 1 saturated carbocycles. The van der Waals surface area contributed by atoms with Crippen LogP contribution in [0.1, 0.15) is 73.3 Å². The van der Waals surface area contributed by atoms with Gasteiger partial charge < -0.3 is 10.4 Å². The molecule has 2 aromatic carbocycles. The van der Waals surface area contributed by atoms with E-state index >= 15 is 8.78 Å². The number of fused-ring (bicyclic) bond motifs is 4. The molecule has 3 aromatic heterocycles. The molecule has 1 fully saturated rings. The van der Waals surface area contributed by atoms with Gasteiger partial charge in [-0.25, -0.2) is 22.2 Å². The maximum atomic E-state index is 15.4. The lowest BCUT2D eigenvalue weighted by atomic mass is 9.87. The van der Waals surface area contributed by atoms with E-state index in [1.165, 1.54) is 24.6 Å². The quantitative estimate of drug-likeness (QED) is 0.110. The zero-order chi connectivity index (χ0) is 39.9. The Kier molecular flexibility index (Phi) is 9.47. The van der Waals surface area contributed by atoms with Crippen LogP contribution in [0.4, 0.5) is 23.4 Å². The molecule has 288 valence electrons. The Morgan fingerprint density at radius 1 is 1.11 bits per heavy atom. The van der Waals surface area contributed by atoms with Crippen LogP contribution in [0.5, 0.6) is 0 Å². The standard InChI is InChI=1S/C37H33Cl2F4N7O4S/c1-17(18-12-19(40)14-20(41)13-18)30(45-27(51)16-50-33-28(34(39)46-50)24-15-25(24)37(33,42)43)31-22(7-6-21(44-31)10-11-36(2,3)52)23-8-9-26(38)29-32(23)49(4)47-35(29)48-55(5,53)54/h6-9,12-14,17,24-25,30,52H,15-16H2,1-5H3,(H,45,51)(H,47,48)/t17?,24-,25+,30-/m0/s1. The van der Waals surface area contributed by atoms with Crippen LogP contribution < -0.4 is 10.0 Å². The van der Waals surface area contributed by atoms with E-state index in [1.54, 1.807) is 32.2 Å². The van der Waals surface area contributed by atoms with E-state index in [-0.39, 0.29) is 50.3 Å². The molecule has 2 aliphatic carbocycles. The van der Waals surface area contributed by atoms with Crippen LogP contribution in [-0.2, 0) is 34.3 Å². The number of carbonyl (C=O) groups excluding carboxylic acids is 1. The fraction of sp³-hybridized carbons (Fsp3) is 0.351. The Hall–Kier alpha value is -4.69. The fourth-order valence-electron chi connectivity index (χ4n) is 7.22. The number of nitrogens with zero attached hydrogens (tertiary/aromatic N) is 5. The molecule has 11 nitrogen and oxygen atoms in total. The Bertz CT molecular complexity index is 2580. The van der Waals surface area contributed by atoms with Crippen molar-refractivity contribution < 1.29 is 35.9 Å². The largest absolute Gasteiger partial charge is 0.378 e. The zero-order valence-corrected chi connectivity index (χ0v) is 32.2. The van der Waals surface area contributed by atoms with E-state index in [2.05, 4.69) is 32.1 Å². The van der Waals surface area contributed by atoms with Gasteiger partial charge >= 0.3 is 0 Å². The third-order valence-electron chi connectivity index (χ3n) is 9.63. The average Bonchev–Trinajstić information content (AvgIpc) is 3.64. The number of aryl methyl sites for hydroxylation is 1. The summed E-state index contributed by atoms with van der Waals surface area (Å²) in [5.74, 6) is -2.65. The first-order chi connectivity index (χ1) is 25.6. The van der Waals surface area contributed by atoms with Gasteiger partial charge in [0, 0.05) is 41.6 Å². The monoisotopic (exact) mass is 817 g/mol. The van der Waals surface area contributed by atoms with Gasteiger partial charge in [0.2, 0.25) is 15.9 Å². The van der Waals surface area contributed by atoms with Crippen LogP contribution >= 0.6 is 23.2 Å². The van der Waals surface area contributed by atoms with Gasteiger partial charge in [-0.1, -0.05) is 42.1 Å². The topological polar surface area (TPSA) is 144 Å². The number of benzene rings is 2. The lowest BCUT2D eigenvalue weighted by Crippen LogP contribution is -2.36. The van der Waals surface area contributed by atoms with Gasteiger partial charge in [-0.15, -0.1) is 0 Å². The van der Waals surface area contributed by atoms with Crippen molar-refractivity contribution in [1.29, 1.82) is 0 Å². The first-order valence-corrected chi connectivity index (χ1v) is 19.6. The number of alkyl halides is 2. The molecular weight excluding hydrogens is 785 g/mol. The van der Waals surface area contributed by atoms with Gasteiger partial charge in [0.05, 0.1) is 33.9 Å². The molecule has 18 heteroatoms. The number of amides is 1. The Labute approximate surface area is 323 Å². The maximum Gasteiger partial charge on any atom is 0.293 e. The molecule has 1 amide bonds. The molecule has 3 N–H and O–H groups in total. The number of hydrogen-bond acceptors (Lipinski definition) is 7. The molecule has 0 bridgehead atoms. The smallest absolute Gasteiger partial charge is 0.293 e. The molecule has 5 aromatic rings. The summed E-state index contributed by atoms with van der Waals surface area (Å²) in [5.41, 5.74) is -0.136. The summed E-state index contributed by atoms with van der Waals surface area (Å²) in [5, 5.41) is 21.9. The van der Waals surface area contributed by atoms with Crippen molar-refractivity contribution in [2.75, 3.05) is 11.0 Å². The maximum absolute atomic E-state index is 15.4. The summed E-state index contributed by atoms with van der Waals surface area (Å²) >= 11 is 12.9. The van der Waals surface area contributed by atoms with E-state index in [9.17, 15) is 27.1 Å². The number of carbonyl (C=O) groups is 1. The van der Waals surface area contributed by atoms with Crippen molar-refractivity contribution in [3.05, 3.63) is 92.5 Å². The highest BCUT2D eigenvalue weighted by atomic mass is 35.5. The van der Waals surface area contributed by atoms with Crippen LogP contribution in [-0.4, -0.2) is 55.8 Å². The lowest BCUT2D eigenvalue weighted by molar-refractivity contribution is -0.123. The van der Waals surface area contributed by atoms with Crippen molar-refractivity contribution in [1.82, 2.24) is 29.9 Å². The molecule has 0 aliphatic heterocycles. The third-order valence-corrected chi connectivity index (χ3v) is 10.8. The molecule has 0 saturated heterocycles. The Balaban J connectivity index is 1.41. The molecule has 3 heterocycles. The number of pyridine rings is 1. The van der Waals surface area contributed by atoms with E-state index in [0.29, 0.717) is 22.7 Å². The Morgan fingerprint density at radius 3 is 2.44 bits per heavy atom. The lowest BCUT2D eigenvalue weighted by Gasteiger charge is -2.28. The van der Waals surface area contributed by atoms with Crippen LogP contribution in [0, 0.1) is 29.4 Å². The number of nitrogens with one attached hydrogen (secondary N) is 2. The molecule has 0 spiro atoms. The van der Waals surface area contributed by atoms with Crippen LogP contribution in [0.25, 0.3) is 22.0 Å². The van der Waals surface area contributed by atoms with Crippen molar-refractivity contribution in [2.45, 2.75) is 63.1 Å². The Morgan fingerprint density at radius 2 is 1.78 bits per heavy atom. The number of anilines is 1. The van der Waals surface area contributed by atoms with E-state index in [0.717, 1.165) is 23.1 Å². The molecule has 2 aliphatic rings. The SMILES string of the molecule is CC(c1cc(F)cc(F)c1)[C@H](NC(=O)Cn1nc(Cl)c2c1C(F)(F)[C@@H]1C[C@H]21)c1nc(C#CC(C)(C)O)ccc1-c1ccc(Cl)c2c(NS(C)(=O)=O)nn(C)c12. The van der Waals surface area contributed by atoms with Crippen molar-refractivity contribution in [3.63, 3.8) is 0 Å². The summed E-state index contributed by atoms with van der Waals surface area (Å²) < 4.78 is 89.2. The summed E-state index contributed by atoms with van der Waals surface area (Å²) in [4.78, 5) is 18.8. The van der Waals surface area contributed by atoms with E-state index < -0.39 is 75.1 Å². The zero-order valence-electron chi connectivity index (χ0n) is 29.8. The summed E-state index contributed by atoms with van der Waals surface area (Å²) in [6, 6.07) is 8.00. The van der Waals surface area contributed by atoms with Crippen molar-refractivity contribution >= 4 is 55.9 Å². The van der Waals surface area contributed by atoms with Crippen LogP contribution in [0.15, 0.2) is 42.5 Å². The highest BCUT2D eigenvalue weighted by molar-refractivity contribution is 7.92. The summed E-state index contributed by atoms with van der Waals surface area (Å²) in [6.07, 6.45) is 1.23. The second-order valence-corrected chi connectivity index (χ2v) is 16.9. The minimum atomic E-state index is -3.80. The number of aromatic nitrogens is 5. The molecule has 7 rings (SSSR count). The minimum Gasteiger partial charge on any atom is -0.378 e. The minimum absolute atomic E-state index is 0.0534. The number of rotatable bonds is 9. The summed E-state index contributed by atoms with van der Waals surface area (Å²) in [7, 11) is -2.23. The van der Waals surface area contributed by atoms with Crippen molar-refractivity contribution in [3.8, 4) is 23.0 Å². The van der Waals surface area contributed by atoms with E-state index in [1.807, 2.05) is 0 Å². The predicted molar refractivity (Wildman–Crippen MR) is 198 cm³/mol. The number of halogens is 6.